The van der Waals surface area contributed by atoms with Gasteiger partial charge in [-0.1, -0.05) is 17.7 Å². The molecule has 0 amide bonds. The molecular formula is C11H12ClF4NO. The van der Waals surface area contributed by atoms with Crippen molar-refractivity contribution in [2.75, 3.05) is 6.54 Å². The number of aliphatic hydroxyl groups is 1. The van der Waals surface area contributed by atoms with Gasteiger partial charge in [-0.2, -0.15) is 13.2 Å². The van der Waals surface area contributed by atoms with Crippen molar-refractivity contribution in [2.45, 2.75) is 25.2 Å². The number of aliphatic hydroxyl groups excluding tert-OH is 1. The number of alkyl halides is 3. The first-order chi connectivity index (χ1) is 8.21. The van der Waals surface area contributed by atoms with Crippen molar-refractivity contribution in [1.82, 2.24) is 5.32 Å². The topological polar surface area (TPSA) is 32.3 Å². The molecule has 0 spiro atoms. The molecular weight excluding hydrogens is 274 g/mol. The number of nitrogens with one attached hydrogen (secondary N) is 1. The maximum Gasteiger partial charge on any atom is 0.415 e. The Morgan fingerprint density at radius 3 is 2.50 bits per heavy atom. The highest BCUT2D eigenvalue weighted by Crippen LogP contribution is 2.22. The average molecular weight is 286 g/mol. The maximum atomic E-state index is 12.9. The number of benzene rings is 1. The minimum atomic E-state index is -4.66. The molecule has 0 saturated heterocycles. The second-order valence-corrected chi connectivity index (χ2v) is 4.27. The molecule has 1 aromatic rings. The summed E-state index contributed by atoms with van der Waals surface area (Å²) < 4.78 is 49.1. The maximum absolute atomic E-state index is 12.9. The van der Waals surface area contributed by atoms with Crippen molar-refractivity contribution in [1.29, 1.82) is 0 Å². The van der Waals surface area contributed by atoms with E-state index in [1.165, 1.54) is 12.1 Å². The van der Waals surface area contributed by atoms with Crippen molar-refractivity contribution in [3.63, 3.8) is 0 Å². The highest BCUT2D eigenvalue weighted by atomic mass is 35.5. The van der Waals surface area contributed by atoms with E-state index < -0.39 is 30.7 Å². The average Bonchev–Trinajstić information content (AvgIpc) is 2.27. The third kappa shape index (κ3) is 4.12. The van der Waals surface area contributed by atoms with E-state index in [2.05, 4.69) is 5.32 Å². The van der Waals surface area contributed by atoms with E-state index in [1.54, 1.807) is 6.92 Å². The van der Waals surface area contributed by atoms with Crippen LogP contribution in [0.5, 0.6) is 0 Å². The van der Waals surface area contributed by atoms with E-state index in [0.29, 0.717) is 5.56 Å². The summed E-state index contributed by atoms with van der Waals surface area (Å²) in [6.07, 6.45) is -7.09. The first-order valence-electron chi connectivity index (χ1n) is 5.15. The zero-order valence-electron chi connectivity index (χ0n) is 9.43. The van der Waals surface area contributed by atoms with Crippen LogP contribution in [0.1, 0.15) is 18.5 Å². The van der Waals surface area contributed by atoms with Gasteiger partial charge in [0.05, 0.1) is 5.02 Å². The molecule has 0 fully saturated rings. The summed E-state index contributed by atoms with van der Waals surface area (Å²) in [5, 5.41) is 11.2. The second kappa shape index (κ2) is 5.86. The Bertz CT molecular complexity index is 411. The summed E-state index contributed by atoms with van der Waals surface area (Å²) in [5.41, 5.74) is 0.538. The molecule has 0 radical (unpaired) electrons. The fourth-order valence-corrected chi connectivity index (χ4v) is 1.49. The fourth-order valence-electron chi connectivity index (χ4n) is 1.30. The summed E-state index contributed by atoms with van der Waals surface area (Å²) in [6, 6.07) is 3.39. The molecule has 2 unspecified atom stereocenters. The third-order valence-electron chi connectivity index (χ3n) is 2.44. The van der Waals surface area contributed by atoms with E-state index in [9.17, 15) is 17.6 Å². The smallest absolute Gasteiger partial charge is 0.382 e. The van der Waals surface area contributed by atoms with Crippen LogP contribution in [0.3, 0.4) is 0 Å². The molecule has 2 nitrogen and oxygen atoms in total. The molecule has 1 aromatic carbocycles. The molecule has 0 aliphatic heterocycles. The Labute approximate surface area is 107 Å². The van der Waals surface area contributed by atoms with Crippen LogP contribution in [0.4, 0.5) is 17.6 Å². The minimum Gasteiger partial charge on any atom is -0.382 e. The summed E-state index contributed by atoms with van der Waals surface area (Å²) >= 11 is 5.56. The van der Waals surface area contributed by atoms with Gasteiger partial charge in [-0.3, -0.25) is 0 Å². The van der Waals surface area contributed by atoms with E-state index in [-0.39, 0.29) is 5.02 Å². The predicted molar refractivity (Wildman–Crippen MR) is 59.9 cm³/mol. The van der Waals surface area contributed by atoms with Gasteiger partial charge >= 0.3 is 6.18 Å². The van der Waals surface area contributed by atoms with Gasteiger partial charge in [-0.05, 0) is 24.6 Å². The van der Waals surface area contributed by atoms with E-state index in [0.717, 1.165) is 6.07 Å². The van der Waals surface area contributed by atoms with Crippen molar-refractivity contribution in [3.05, 3.63) is 34.6 Å². The van der Waals surface area contributed by atoms with Crippen molar-refractivity contribution >= 4 is 11.6 Å². The van der Waals surface area contributed by atoms with Crippen LogP contribution in [0, 0.1) is 5.82 Å². The van der Waals surface area contributed by atoms with Gasteiger partial charge in [0, 0.05) is 12.6 Å². The van der Waals surface area contributed by atoms with Crippen LogP contribution in [-0.2, 0) is 0 Å². The van der Waals surface area contributed by atoms with Crippen LogP contribution in [-0.4, -0.2) is 23.9 Å². The monoisotopic (exact) mass is 285 g/mol. The molecule has 2 N–H and O–H groups in total. The quantitative estimate of drug-likeness (QED) is 0.834. The Kier molecular flexibility index (Phi) is 4.95. The van der Waals surface area contributed by atoms with Gasteiger partial charge in [0.2, 0.25) is 0 Å². The lowest BCUT2D eigenvalue weighted by Crippen LogP contribution is -2.39. The number of halogens is 5. The molecule has 0 aliphatic rings. The Hall–Kier alpha value is -0.850. The Morgan fingerprint density at radius 1 is 1.39 bits per heavy atom. The van der Waals surface area contributed by atoms with Crippen LogP contribution in [0.15, 0.2) is 18.2 Å². The van der Waals surface area contributed by atoms with Gasteiger partial charge in [0.1, 0.15) is 5.82 Å². The Morgan fingerprint density at radius 2 is 2.00 bits per heavy atom. The van der Waals surface area contributed by atoms with Crippen LogP contribution < -0.4 is 5.32 Å². The molecule has 0 bridgehead atoms. The lowest BCUT2D eigenvalue weighted by Gasteiger charge is -2.19. The first kappa shape index (κ1) is 15.2. The highest BCUT2D eigenvalue weighted by molar-refractivity contribution is 6.30. The molecule has 1 rings (SSSR count). The normalized spacial score (nSPS) is 15.5. The Balaban J connectivity index is 2.60. The van der Waals surface area contributed by atoms with E-state index in [4.69, 9.17) is 16.7 Å². The van der Waals surface area contributed by atoms with E-state index >= 15 is 0 Å². The summed E-state index contributed by atoms with van der Waals surface area (Å²) in [7, 11) is 0. The van der Waals surface area contributed by atoms with Crippen LogP contribution in [0.25, 0.3) is 0 Å². The fraction of sp³-hybridized carbons (Fsp3) is 0.455. The summed E-state index contributed by atoms with van der Waals surface area (Å²) in [6.45, 7) is 0.951. The van der Waals surface area contributed by atoms with Gasteiger partial charge < -0.3 is 10.4 Å². The van der Waals surface area contributed by atoms with Crippen molar-refractivity contribution in [2.24, 2.45) is 0 Å². The molecule has 0 heterocycles. The largest absolute Gasteiger partial charge is 0.415 e. The number of hydrogen-bond acceptors (Lipinski definition) is 2. The molecule has 2 atom stereocenters. The van der Waals surface area contributed by atoms with Crippen molar-refractivity contribution < 1.29 is 22.7 Å². The second-order valence-electron chi connectivity index (χ2n) is 3.86. The molecule has 0 aliphatic carbocycles. The summed E-state index contributed by atoms with van der Waals surface area (Å²) in [4.78, 5) is 0. The molecule has 18 heavy (non-hydrogen) atoms. The summed E-state index contributed by atoms with van der Waals surface area (Å²) in [5.74, 6) is -0.594. The highest BCUT2D eigenvalue weighted by Gasteiger charge is 2.37. The number of hydrogen-bond donors (Lipinski definition) is 2. The zero-order valence-corrected chi connectivity index (χ0v) is 10.2. The standard InChI is InChI=1S/C11H12ClF4NO/c1-6(17-5-10(18)11(14,15)16)7-2-3-9(13)8(12)4-7/h2-4,6,10,17-18H,5H2,1H3. The molecule has 7 heteroatoms. The molecule has 0 saturated carbocycles. The SMILES string of the molecule is CC(NCC(O)C(F)(F)F)c1ccc(F)c(Cl)c1. The van der Waals surface area contributed by atoms with Crippen molar-refractivity contribution in [3.8, 4) is 0 Å². The van der Waals surface area contributed by atoms with Gasteiger partial charge in [0.25, 0.3) is 0 Å². The zero-order chi connectivity index (χ0) is 13.9. The number of rotatable bonds is 4. The lowest BCUT2D eigenvalue weighted by molar-refractivity contribution is -0.202. The molecule has 0 aromatic heterocycles. The third-order valence-corrected chi connectivity index (χ3v) is 2.73. The van der Waals surface area contributed by atoms with Crippen LogP contribution in [0.2, 0.25) is 5.02 Å². The van der Waals surface area contributed by atoms with E-state index in [1.807, 2.05) is 0 Å². The van der Waals surface area contributed by atoms with Gasteiger partial charge in [-0.15, -0.1) is 0 Å². The lowest BCUT2D eigenvalue weighted by atomic mass is 10.1. The first-order valence-corrected chi connectivity index (χ1v) is 5.52. The predicted octanol–water partition coefficient (Wildman–Crippen LogP) is 3.05. The minimum absolute atomic E-state index is 0.0995. The van der Waals surface area contributed by atoms with Gasteiger partial charge in [0.15, 0.2) is 6.10 Å². The molecule has 102 valence electrons. The van der Waals surface area contributed by atoms with Gasteiger partial charge in [-0.25, -0.2) is 4.39 Å². The van der Waals surface area contributed by atoms with Crippen LogP contribution >= 0.6 is 11.6 Å².